The lowest BCUT2D eigenvalue weighted by atomic mass is 10.4. The minimum Gasteiger partial charge on any atom is -0.295 e. The van der Waals surface area contributed by atoms with Gasteiger partial charge in [-0.25, -0.2) is 4.98 Å². The summed E-state index contributed by atoms with van der Waals surface area (Å²) in [5.41, 5.74) is 0.893. The van der Waals surface area contributed by atoms with Gasteiger partial charge in [-0.1, -0.05) is 6.07 Å². The summed E-state index contributed by atoms with van der Waals surface area (Å²) in [6, 6.07) is 7.39. The molecule has 0 fully saturated rings. The van der Waals surface area contributed by atoms with Crippen LogP contribution in [0.2, 0.25) is 0 Å². The van der Waals surface area contributed by atoms with Crippen LogP contribution in [0, 0.1) is 11.3 Å². The van der Waals surface area contributed by atoms with Crippen molar-refractivity contribution in [3.05, 3.63) is 30.6 Å². The van der Waals surface area contributed by atoms with Crippen LogP contribution in [0.4, 0.5) is 5.95 Å². The first-order chi connectivity index (χ1) is 7.31. The monoisotopic (exact) mass is 200 g/mol. The van der Waals surface area contributed by atoms with Gasteiger partial charge in [0.05, 0.1) is 17.8 Å². The lowest BCUT2D eigenvalue weighted by Gasteiger charge is -2.00. The molecule has 0 aliphatic heterocycles. The predicted octanol–water partition coefficient (Wildman–Crippen LogP) is 1.19. The van der Waals surface area contributed by atoms with Gasteiger partial charge in [0.2, 0.25) is 11.9 Å². The van der Waals surface area contributed by atoms with E-state index in [0.717, 1.165) is 5.52 Å². The van der Waals surface area contributed by atoms with Gasteiger partial charge in [-0.05, 0) is 12.1 Å². The summed E-state index contributed by atoms with van der Waals surface area (Å²) in [5.74, 6) is 0.0831. The fraction of sp³-hybridized carbons (Fsp3) is 0.100. The Balaban J connectivity index is 2.29. The van der Waals surface area contributed by atoms with Crippen molar-refractivity contribution in [2.75, 3.05) is 5.32 Å². The molecule has 0 saturated heterocycles. The van der Waals surface area contributed by atoms with Gasteiger partial charge in [0.25, 0.3) is 0 Å². The molecule has 1 amide bonds. The van der Waals surface area contributed by atoms with Crippen LogP contribution in [0.3, 0.4) is 0 Å². The van der Waals surface area contributed by atoms with E-state index < -0.39 is 0 Å². The number of hydrogen-bond acceptors (Lipinski definition) is 3. The number of rotatable bonds is 2. The highest BCUT2D eigenvalue weighted by Crippen LogP contribution is 2.10. The first-order valence-electron chi connectivity index (χ1n) is 4.40. The third-order valence-corrected chi connectivity index (χ3v) is 1.93. The van der Waals surface area contributed by atoms with Gasteiger partial charge in [-0.2, -0.15) is 5.26 Å². The second-order valence-corrected chi connectivity index (χ2v) is 2.96. The Morgan fingerprint density at radius 2 is 2.47 bits per heavy atom. The standard InChI is InChI=1S/C10H8N4O/c11-5-4-9(15)13-10-12-7-8-3-1-2-6-14(8)10/h1-3,6-7H,4H2,(H,12,13,15). The van der Waals surface area contributed by atoms with Crippen LogP contribution in [-0.2, 0) is 4.79 Å². The summed E-state index contributed by atoms with van der Waals surface area (Å²) < 4.78 is 1.75. The van der Waals surface area contributed by atoms with E-state index in [4.69, 9.17) is 5.26 Å². The van der Waals surface area contributed by atoms with Crippen molar-refractivity contribution >= 4 is 17.4 Å². The average Bonchev–Trinajstić information content (AvgIpc) is 2.62. The van der Waals surface area contributed by atoms with Crippen LogP contribution < -0.4 is 5.32 Å². The van der Waals surface area contributed by atoms with Crippen LogP contribution in [0.5, 0.6) is 0 Å². The van der Waals surface area contributed by atoms with E-state index in [1.807, 2.05) is 18.2 Å². The van der Waals surface area contributed by atoms with E-state index >= 15 is 0 Å². The number of fused-ring (bicyclic) bond motifs is 1. The second kappa shape index (κ2) is 3.80. The summed E-state index contributed by atoms with van der Waals surface area (Å²) >= 11 is 0. The summed E-state index contributed by atoms with van der Waals surface area (Å²) in [5, 5.41) is 10.9. The molecule has 2 heterocycles. The molecule has 74 valence electrons. The lowest BCUT2D eigenvalue weighted by Crippen LogP contribution is -2.12. The molecular formula is C10H8N4O. The van der Waals surface area contributed by atoms with E-state index in [1.165, 1.54) is 0 Å². The molecule has 0 radical (unpaired) electrons. The normalized spacial score (nSPS) is 9.80. The number of anilines is 1. The molecule has 0 aromatic carbocycles. The largest absolute Gasteiger partial charge is 0.295 e. The van der Waals surface area contributed by atoms with Crippen molar-refractivity contribution in [3.63, 3.8) is 0 Å². The van der Waals surface area contributed by atoms with E-state index in [9.17, 15) is 4.79 Å². The van der Waals surface area contributed by atoms with Gasteiger partial charge in [-0.15, -0.1) is 0 Å². The second-order valence-electron chi connectivity index (χ2n) is 2.96. The first kappa shape index (κ1) is 9.21. The Hall–Kier alpha value is -2.35. The van der Waals surface area contributed by atoms with Gasteiger partial charge in [0.1, 0.15) is 6.42 Å². The average molecular weight is 200 g/mol. The number of nitrogens with zero attached hydrogens (tertiary/aromatic N) is 3. The molecule has 1 N–H and O–H groups in total. The Morgan fingerprint density at radius 3 is 3.27 bits per heavy atom. The zero-order chi connectivity index (χ0) is 10.7. The van der Waals surface area contributed by atoms with Gasteiger partial charge >= 0.3 is 0 Å². The Labute approximate surface area is 86.0 Å². The van der Waals surface area contributed by atoms with E-state index in [2.05, 4.69) is 10.3 Å². The van der Waals surface area contributed by atoms with Crippen LogP contribution in [0.25, 0.3) is 5.52 Å². The molecule has 0 bridgehead atoms. The molecule has 0 aliphatic rings. The number of imidazole rings is 1. The van der Waals surface area contributed by atoms with Crippen LogP contribution in [0.15, 0.2) is 30.6 Å². The fourth-order valence-corrected chi connectivity index (χ4v) is 1.28. The maximum Gasteiger partial charge on any atom is 0.240 e. The number of carbonyl (C=O) groups is 1. The Morgan fingerprint density at radius 1 is 1.60 bits per heavy atom. The summed E-state index contributed by atoms with van der Waals surface area (Å²) in [4.78, 5) is 15.2. The van der Waals surface area contributed by atoms with Gasteiger partial charge in [-0.3, -0.25) is 14.5 Å². The van der Waals surface area contributed by atoms with Crippen molar-refractivity contribution in [2.45, 2.75) is 6.42 Å². The van der Waals surface area contributed by atoms with E-state index in [0.29, 0.717) is 5.95 Å². The van der Waals surface area contributed by atoms with Gasteiger partial charge in [0.15, 0.2) is 0 Å². The van der Waals surface area contributed by atoms with E-state index in [1.54, 1.807) is 22.9 Å². The third-order valence-electron chi connectivity index (χ3n) is 1.93. The molecule has 0 atom stereocenters. The van der Waals surface area contributed by atoms with Crippen LogP contribution >= 0.6 is 0 Å². The molecule has 2 aromatic heterocycles. The highest BCUT2D eigenvalue weighted by molar-refractivity contribution is 5.90. The maximum absolute atomic E-state index is 11.2. The molecular weight excluding hydrogens is 192 g/mol. The minimum atomic E-state index is -0.353. The molecule has 2 aromatic rings. The number of carbonyl (C=O) groups excluding carboxylic acids is 1. The quantitative estimate of drug-likeness (QED) is 0.791. The highest BCUT2D eigenvalue weighted by atomic mass is 16.1. The van der Waals surface area contributed by atoms with E-state index in [-0.39, 0.29) is 12.3 Å². The molecule has 5 nitrogen and oxygen atoms in total. The molecule has 15 heavy (non-hydrogen) atoms. The third kappa shape index (κ3) is 1.79. The molecule has 0 aliphatic carbocycles. The maximum atomic E-state index is 11.2. The number of pyridine rings is 1. The van der Waals surface area contributed by atoms with Crippen LogP contribution in [0.1, 0.15) is 6.42 Å². The summed E-state index contributed by atoms with van der Waals surface area (Å²) in [6.45, 7) is 0. The summed E-state index contributed by atoms with van der Waals surface area (Å²) in [6.07, 6.45) is 3.29. The zero-order valence-electron chi connectivity index (χ0n) is 7.84. The van der Waals surface area contributed by atoms with Crippen molar-refractivity contribution < 1.29 is 4.79 Å². The molecule has 0 unspecified atom stereocenters. The van der Waals surface area contributed by atoms with Crippen molar-refractivity contribution in [2.24, 2.45) is 0 Å². The van der Waals surface area contributed by atoms with Crippen molar-refractivity contribution in [1.29, 1.82) is 5.26 Å². The van der Waals surface area contributed by atoms with Crippen molar-refractivity contribution in [1.82, 2.24) is 9.38 Å². The Bertz CT molecular complexity index is 538. The summed E-state index contributed by atoms with van der Waals surface area (Å²) in [7, 11) is 0. The lowest BCUT2D eigenvalue weighted by molar-refractivity contribution is -0.115. The van der Waals surface area contributed by atoms with Gasteiger partial charge in [0, 0.05) is 6.20 Å². The topological polar surface area (TPSA) is 70.2 Å². The van der Waals surface area contributed by atoms with Crippen LogP contribution in [-0.4, -0.2) is 15.3 Å². The smallest absolute Gasteiger partial charge is 0.240 e. The number of nitriles is 1. The predicted molar refractivity (Wildman–Crippen MR) is 54.1 cm³/mol. The molecule has 0 saturated carbocycles. The Kier molecular flexibility index (Phi) is 2.33. The SMILES string of the molecule is N#CCC(=O)Nc1ncc2ccccn12. The van der Waals surface area contributed by atoms with Crippen molar-refractivity contribution in [3.8, 4) is 6.07 Å². The first-order valence-corrected chi connectivity index (χ1v) is 4.40. The minimum absolute atomic E-state index is 0.165. The number of hydrogen-bond donors (Lipinski definition) is 1. The van der Waals surface area contributed by atoms with Gasteiger partial charge < -0.3 is 0 Å². The fourth-order valence-electron chi connectivity index (χ4n) is 1.28. The number of amides is 1. The number of aromatic nitrogens is 2. The molecule has 2 rings (SSSR count). The molecule has 0 spiro atoms. The zero-order valence-corrected chi connectivity index (χ0v) is 7.84. The number of nitrogens with one attached hydrogen (secondary N) is 1. The highest BCUT2D eigenvalue weighted by Gasteiger charge is 2.06. The molecule has 5 heteroatoms.